The van der Waals surface area contributed by atoms with E-state index in [0.29, 0.717) is 0 Å². The van der Waals surface area contributed by atoms with E-state index < -0.39 is 12.0 Å². The topological polar surface area (TPSA) is 25.8 Å². The van der Waals surface area contributed by atoms with Gasteiger partial charge in [-0.15, -0.1) is 0 Å². The van der Waals surface area contributed by atoms with Gasteiger partial charge in [0.05, 0.1) is 0 Å². The first-order valence-electron chi connectivity index (χ1n) is 2.04. The SMILES string of the molecule is Fc1cc(I)nc(F)n1. The van der Waals surface area contributed by atoms with Crippen molar-refractivity contribution >= 4 is 22.6 Å². The lowest BCUT2D eigenvalue weighted by Gasteiger charge is -1.87. The molecule has 0 unspecified atom stereocenters. The minimum absolute atomic E-state index is 0.262. The Labute approximate surface area is 63.5 Å². The predicted octanol–water partition coefficient (Wildman–Crippen LogP) is 1.36. The Morgan fingerprint density at radius 2 is 2.00 bits per heavy atom. The molecule has 0 fully saturated rings. The van der Waals surface area contributed by atoms with Gasteiger partial charge in [0.2, 0.25) is 5.95 Å². The summed E-state index contributed by atoms with van der Waals surface area (Å²) < 4.78 is 24.3. The molecule has 48 valence electrons. The van der Waals surface area contributed by atoms with Crippen molar-refractivity contribution in [3.05, 3.63) is 21.8 Å². The van der Waals surface area contributed by atoms with Gasteiger partial charge in [0.1, 0.15) is 3.70 Å². The molecule has 5 heteroatoms. The van der Waals surface area contributed by atoms with Crippen LogP contribution >= 0.6 is 22.6 Å². The lowest BCUT2D eigenvalue weighted by molar-refractivity contribution is 0.479. The van der Waals surface area contributed by atoms with Gasteiger partial charge in [0, 0.05) is 6.07 Å². The molecule has 1 rings (SSSR count). The number of rotatable bonds is 0. The molecule has 0 bridgehead atoms. The molecule has 0 radical (unpaired) electrons. The van der Waals surface area contributed by atoms with E-state index in [0.717, 1.165) is 6.07 Å². The largest absolute Gasteiger partial charge is 0.312 e. The van der Waals surface area contributed by atoms with E-state index in [2.05, 4.69) is 9.97 Å². The number of hydrogen-bond donors (Lipinski definition) is 0. The summed E-state index contributed by atoms with van der Waals surface area (Å²) in [7, 11) is 0. The molecule has 0 aliphatic carbocycles. The molecule has 2 nitrogen and oxygen atoms in total. The minimum atomic E-state index is -1.03. The quantitative estimate of drug-likeness (QED) is 0.390. The normalized spacial score (nSPS) is 9.67. The highest BCUT2D eigenvalue weighted by molar-refractivity contribution is 14.1. The molecule has 1 heterocycles. The van der Waals surface area contributed by atoms with Gasteiger partial charge in [0.15, 0.2) is 0 Å². The van der Waals surface area contributed by atoms with Crippen LogP contribution in [0.1, 0.15) is 0 Å². The fourth-order valence-corrected chi connectivity index (χ4v) is 0.820. The standard InChI is InChI=1S/C4HF2IN2/c5-2-1-3(7)9-4(6)8-2/h1H. The molecule has 0 N–H and O–H groups in total. The third-order valence-corrected chi connectivity index (χ3v) is 1.19. The van der Waals surface area contributed by atoms with Crippen molar-refractivity contribution in [2.75, 3.05) is 0 Å². The summed E-state index contributed by atoms with van der Waals surface area (Å²) in [6.07, 6.45) is -1.03. The Kier molecular flexibility index (Phi) is 1.89. The second kappa shape index (κ2) is 2.51. The average molecular weight is 242 g/mol. The van der Waals surface area contributed by atoms with Crippen LogP contribution in [0.4, 0.5) is 8.78 Å². The van der Waals surface area contributed by atoms with Crippen molar-refractivity contribution < 1.29 is 8.78 Å². The van der Waals surface area contributed by atoms with Crippen LogP contribution in [0.25, 0.3) is 0 Å². The predicted molar refractivity (Wildman–Crippen MR) is 34.7 cm³/mol. The van der Waals surface area contributed by atoms with E-state index in [1.54, 1.807) is 22.6 Å². The number of aromatic nitrogens is 2. The van der Waals surface area contributed by atoms with Crippen LogP contribution in [0.5, 0.6) is 0 Å². The second-order valence-electron chi connectivity index (χ2n) is 1.28. The lowest BCUT2D eigenvalue weighted by atomic mass is 10.7. The van der Waals surface area contributed by atoms with Crippen LogP contribution in [0.2, 0.25) is 0 Å². The van der Waals surface area contributed by atoms with Crippen LogP contribution in [-0.4, -0.2) is 9.97 Å². The van der Waals surface area contributed by atoms with Gasteiger partial charge in [-0.05, 0) is 22.6 Å². The van der Waals surface area contributed by atoms with Gasteiger partial charge in [-0.1, -0.05) is 0 Å². The van der Waals surface area contributed by atoms with E-state index in [1.165, 1.54) is 0 Å². The van der Waals surface area contributed by atoms with Crippen LogP contribution in [0.3, 0.4) is 0 Å². The first-order chi connectivity index (χ1) is 4.18. The summed E-state index contributed by atoms with van der Waals surface area (Å²) in [6, 6.07) is 1.05. The van der Waals surface area contributed by atoms with Crippen molar-refractivity contribution in [2.24, 2.45) is 0 Å². The molecule has 0 saturated heterocycles. The van der Waals surface area contributed by atoms with Gasteiger partial charge in [-0.3, -0.25) is 0 Å². The maximum absolute atomic E-state index is 12.0. The maximum Gasteiger partial charge on any atom is 0.312 e. The summed E-state index contributed by atoms with van der Waals surface area (Å²) in [4.78, 5) is 5.99. The smallest absolute Gasteiger partial charge is 0.196 e. The van der Waals surface area contributed by atoms with Crippen molar-refractivity contribution in [3.63, 3.8) is 0 Å². The average Bonchev–Trinajstić information content (AvgIpc) is 1.59. The summed E-state index contributed by atoms with van der Waals surface area (Å²) in [6.45, 7) is 0. The molecule has 1 aromatic rings. The first-order valence-corrected chi connectivity index (χ1v) is 3.12. The number of halogens is 3. The third kappa shape index (κ3) is 1.81. The molecule has 0 saturated carbocycles. The lowest BCUT2D eigenvalue weighted by Crippen LogP contribution is -1.94. The fraction of sp³-hybridized carbons (Fsp3) is 0. The minimum Gasteiger partial charge on any atom is -0.196 e. The van der Waals surface area contributed by atoms with Crippen LogP contribution in [0, 0.1) is 15.7 Å². The summed E-state index contributed by atoms with van der Waals surface area (Å²) >= 11 is 1.70. The Balaban J connectivity index is 3.17. The van der Waals surface area contributed by atoms with E-state index >= 15 is 0 Å². The monoisotopic (exact) mass is 242 g/mol. The highest BCUT2D eigenvalue weighted by Crippen LogP contribution is 2.01. The zero-order valence-corrected chi connectivity index (χ0v) is 6.26. The van der Waals surface area contributed by atoms with Gasteiger partial charge >= 0.3 is 6.08 Å². The molecule has 0 spiro atoms. The van der Waals surface area contributed by atoms with E-state index in [-0.39, 0.29) is 3.70 Å². The highest BCUT2D eigenvalue weighted by Gasteiger charge is 1.98. The molecule has 9 heavy (non-hydrogen) atoms. The van der Waals surface area contributed by atoms with Gasteiger partial charge in [-0.25, -0.2) is 0 Å². The van der Waals surface area contributed by atoms with Gasteiger partial charge < -0.3 is 0 Å². The zero-order valence-electron chi connectivity index (χ0n) is 4.11. The molecule has 0 aromatic carbocycles. The fourth-order valence-electron chi connectivity index (χ4n) is 0.364. The Hall–Kier alpha value is -0.330. The van der Waals surface area contributed by atoms with Gasteiger partial charge in [0.25, 0.3) is 0 Å². The maximum atomic E-state index is 12.0. The zero-order chi connectivity index (χ0) is 6.85. The molecule has 0 atom stereocenters. The molecule has 0 amide bonds. The summed E-state index contributed by atoms with van der Waals surface area (Å²) in [5, 5.41) is 0. The number of nitrogens with zero attached hydrogens (tertiary/aromatic N) is 2. The van der Waals surface area contributed by atoms with Crippen molar-refractivity contribution in [1.29, 1.82) is 0 Å². The molecule has 1 aromatic heterocycles. The molecular weight excluding hydrogens is 241 g/mol. The van der Waals surface area contributed by atoms with Crippen molar-refractivity contribution in [1.82, 2.24) is 9.97 Å². The van der Waals surface area contributed by atoms with Crippen LogP contribution in [0.15, 0.2) is 6.07 Å². The molecule has 0 aliphatic rings. The van der Waals surface area contributed by atoms with Crippen molar-refractivity contribution in [2.45, 2.75) is 0 Å². The van der Waals surface area contributed by atoms with Crippen molar-refractivity contribution in [3.8, 4) is 0 Å². The summed E-state index contributed by atoms with van der Waals surface area (Å²) in [5.41, 5.74) is 0. The van der Waals surface area contributed by atoms with Crippen LogP contribution in [-0.2, 0) is 0 Å². The number of hydrogen-bond acceptors (Lipinski definition) is 2. The Morgan fingerprint density at radius 1 is 1.33 bits per heavy atom. The van der Waals surface area contributed by atoms with Gasteiger partial charge in [-0.2, -0.15) is 18.7 Å². The highest BCUT2D eigenvalue weighted by atomic mass is 127. The van der Waals surface area contributed by atoms with Crippen LogP contribution < -0.4 is 0 Å². The Morgan fingerprint density at radius 3 is 2.44 bits per heavy atom. The van der Waals surface area contributed by atoms with E-state index in [9.17, 15) is 8.78 Å². The Bertz CT molecular complexity index is 177. The third-order valence-electron chi connectivity index (χ3n) is 0.636. The second-order valence-corrected chi connectivity index (χ2v) is 2.39. The van der Waals surface area contributed by atoms with E-state index in [1.807, 2.05) is 0 Å². The molecule has 0 aliphatic heterocycles. The summed E-state index contributed by atoms with van der Waals surface area (Å²) in [5.74, 6) is -0.841. The first kappa shape index (κ1) is 6.79. The molecular formula is C4HF2IN2. The van der Waals surface area contributed by atoms with E-state index in [4.69, 9.17) is 0 Å².